The van der Waals surface area contributed by atoms with Gasteiger partial charge in [-0.25, -0.2) is 4.79 Å². The van der Waals surface area contributed by atoms with Gasteiger partial charge in [0.05, 0.1) is 31.4 Å². The third kappa shape index (κ3) is 5.55. The highest BCUT2D eigenvalue weighted by Crippen LogP contribution is 2.40. The van der Waals surface area contributed by atoms with E-state index in [0.29, 0.717) is 18.7 Å². The van der Waals surface area contributed by atoms with Gasteiger partial charge in [-0.05, 0) is 49.6 Å². The highest BCUT2D eigenvalue weighted by Gasteiger charge is 2.37. The Morgan fingerprint density at radius 1 is 1.13 bits per heavy atom. The predicted octanol–water partition coefficient (Wildman–Crippen LogP) is 5.84. The van der Waals surface area contributed by atoms with Gasteiger partial charge in [-0.2, -0.15) is 13.2 Å². The zero-order chi connectivity index (χ0) is 22.1. The summed E-state index contributed by atoms with van der Waals surface area (Å²) in [4.78, 5) is 13.7. The van der Waals surface area contributed by atoms with Gasteiger partial charge < -0.3 is 15.0 Å². The first-order chi connectivity index (χ1) is 13.9. The zero-order valence-corrected chi connectivity index (χ0v) is 18.6. The first-order valence-electron chi connectivity index (χ1n) is 9.58. The fraction of sp³-hybridized carbons (Fsp3) is 0.409. The standard InChI is InChI=1S/C22H24BrF3N2O2/c1-21(2,3)27-20(29)28-11-17(12-28)30-13-15-5-4-6-18(19(15)22(24,25)26)14-7-9-16(23)10-8-14/h4-10,17H,11-13H2,1-3H3,(H,27,29). The first-order valence-corrected chi connectivity index (χ1v) is 10.4. The summed E-state index contributed by atoms with van der Waals surface area (Å²) in [7, 11) is 0. The van der Waals surface area contributed by atoms with Crippen LogP contribution in [-0.2, 0) is 17.5 Å². The van der Waals surface area contributed by atoms with Crippen LogP contribution in [0.15, 0.2) is 46.9 Å². The molecular formula is C22H24BrF3N2O2. The van der Waals surface area contributed by atoms with E-state index in [9.17, 15) is 18.0 Å². The van der Waals surface area contributed by atoms with Crippen molar-refractivity contribution in [3.8, 4) is 11.1 Å². The Morgan fingerprint density at radius 3 is 2.33 bits per heavy atom. The molecule has 8 heteroatoms. The number of hydrogen-bond donors (Lipinski definition) is 1. The summed E-state index contributed by atoms with van der Waals surface area (Å²) < 4.78 is 48.2. The summed E-state index contributed by atoms with van der Waals surface area (Å²) in [5.41, 5.74) is -0.343. The van der Waals surface area contributed by atoms with Crippen LogP contribution in [0.1, 0.15) is 31.9 Å². The van der Waals surface area contributed by atoms with Gasteiger partial charge in [0.1, 0.15) is 0 Å². The summed E-state index contributed by atoms with van der Waals surface area (Å²) in [6, 6.07) is 11.0. The quantitative estimate of drug-likeness (QED) is 0.591. The minimum absolute atomic E-state index is 0.0838. The van der Waals surface area contributed by atoms with Crippen LogP contribution < -0.4 is 5.32 Å². The van der Waals surface area contributed by atoms with Crippen molar-refractivity contribution in [2.45, 2.75) is 45.2 Å². The number of carbonyl (C=O) groups excluding carboxylic acids is 1. The van der Waals surface area contributed by atoms with E-state index < -0.39 is 11.7 Å². The third-order valence-corrected chi connectivity index (χ3v) is 5.21. The average Bonchev–Trinajstić information content (AvgIpc) is 2.58. The van der Waals surface area contributed by atoms with Crippen molar-refractivity contribution in [2.24, 2.45) is 0 Å². The molecule has 1 heterocycles. The van der Waals surface area contributed by atoms with Crippen molar-refractivity contribution in [3.05, 3.63) is 58.1 Å². The van der Waals surface area contributed by atoms with Crippen LogP contribution in [0.25, 0.3) is 11.1 Å². The van der Waals surface area contributed by atoms with Gasteiger partial charge in [0, 0.05) is 10.0 Å². The number of amides is 2. The van der Waals surface area contributed by atoms with E-state index in [1.807, 2.05) is 20.8 Å². The Bertz CT molecular complexity index is 902. The molecule has 3 rings (SSSR count). The van der Waals surface area contributed by atoms with Crippen molar-refractivity contribution >= 4 is 22.0 Å². The van der Waals surface area contributed by atoms with Gasteiger partial charge in [-0.1, -0.05) is 46.3 Å². The molecule has 0 radical (unpaired) electrons. The number of alkyl halides is 3. The van der Waals surface area contributed by atoms with Crippen molar-refractivity contribution in [1.29, 1.82) is 0 Å². The maximum atomic E-state index is 13.9. The minimum Gasteiger partial charge on any atom is -0.370 e. The molecule has 0 aliphatic carbocycles. The number of rotatable bonds is 4. The molecule has 2 amide bonds. The van der Waals surface area contributed by atoms with Gasteiger partial charge in [0.25, 0.3) is 0 Å². The molecule has 0 aromatic heterocycles. The Labute approximate surface area is 182 Å². The summed E-state index contributed by atoms with van der Waals surface area (Å²) in [5, 5.41) is 2.85. The van der Waals surface area contributed by atoms with Gasteiger partial charge in [0.2, 0.25) is 0 Å². The van der Waals surface area contributed by atoms with Crippen LogP contribution >= 0.6 is 15.9 Å². The normalized spacial score (nSPS) is 15.1. The zero-order valence-electron chi connectivity index (χ0n) is 17.0. The Balaban J connectivity index is 1.71. The molecule has 1 fully saturated rings. The highest BCUT2D eigenvalue weighted by atomic mass is 79.9. The number of likely N-dealkylation sites (tertiary alicyclic amines) is 1. The molecule has 0 atom stereocenters. The molecule has 0 spiro atoms. The summed E-state index contributed by atoms with van der Waals surface area (Å²) >= 11 is 3.30. The summed E-state index contributed by atoms with van der Waals surface area (Å²) in [5.74, 6) is 0. The molecule has 2 aromatic carbocycles. The Kier molecular flexibility index (Phi) is 6.48. The highest BCUT2D eigenvalue weighted by molar-refractivity contribution is 9.10. The third-order valence-electron chi connectivity index (χ3n) is 4.68. The molecule has 1 N–H and O–H groups in total. The van der Waals surface area contributed by atoms with E-state index >= 15 is 0 Å². The van der Waals surface area contributed by atoms with Crippen LogP contribution in [0.4, 0.5) is 18.0 Å². The number of benzene rings is 2. The fourth-order valence-corrected chi connectivity index (χ4v) is 3.51. The number of carbonyl (C=O) groups is 1. The first kappa shape index (κ1) is 22.6. The molecule has 1 aliphatic heterocycles. The molecule has 0 unspecified atom stereocenters. The van der Waals surface area contributed by atoms with E-state index in [1.54, 1.807) is 35.2 Å². The van der Waals surface area contributed by atoms with E-state index in [0.717, 1.165) is 4.47 Å². The van der Waals surface area contributed by atoms with Crippen LogP contribution in [0.5, 0.6) is 0 Å². The molecular weight excluding hydrogens is 461 g/mol. The molecule has 0 saturated carbocycles. The Morgan fingerprint density at radius 2 is 1.77 bits per heavy atom. The fourth-order valence-electron chi connectivity index (χ4n) is 3.24. The number of nitrogens with one attached hydrogen (secondary N) is 1. The molecule has 1 aliphatic rings. The van der Waals surface area contributed by atoms with Gasteiger partial charge in [-0.15, -0.1) is 0 Å². The summed E-state index contributed by atoms with van der Waals surface area (Å²) in [6.45, 7) is 6.20. The number of hydrogen-bond acceptors (Lipinski definition) is 2. The van der Waals surface area contributed by atoms with Crippen molar-refractivity contribution in [1.82, 2.24) is 10.2 Å². The number of nitrogens with zero attached hydrogens (tertiary/aromatic N) is 1. The van der Waals surface area contributed by atoms with E-state index in [1.165, 1.54) is 12.1 Å². The molecule has 2 aromatic rings. The molecule has 0 bridgehead atoms. The summed E-state index contributed by atoms with van der Waals surface area (Å²) in [6.07, 6.45) is -4.80. The van der Waals surface area contributed by atoms with Crippen molar-refractivity contribution in [2.75, 3.05) is 13.1 Å². The predicted molar refractivity (Wildman–Crippen MR) is 113 cm³/mol. The lowest BCUT2D eigenvalue weighted by Crippen LogP contribution is -2.60. The lowest BCUT2D eigenvalue weighted by atomic mass is 9.95. The van der Waals surface area contributed by atoms with Crippen LogP contribution in [0.3, 0.4) is 0 Å². The minimum atomic E-state index is -4.51. The van der Waals surface area contributed by atoms with Crippen molar-refractivity contribution < 1.29 is 22.7 Å². The second kappa shape index (κ2) is 8.59. The van der Waals surface area contributed by atoms with E-state index in [4.69, 9.17) is 4.74 Å². The molecule has 30 heavy (non-hydrogen) atoms. The van der Waals surface area contributed by atoms with Crippen molar-refractivity contribution in [3.63, 3.8) is 0 Å². The second-order valence-electron chi connectivity index (χ2n) is 8.36. The van der Waals surface area contributed by atoms with Crippen LogP contribution in [-0.4, -0.2) is 35.7 Å². The SMILES string of the molecule is CC(C)(C)NC(=O)N1CC(OCc2cccc(-c3ccc(Br)cc3)c2C(F)(F)F)C1. The van der Waals surface area contributed by atoms with E-state index in [-0.39, 0.29) is 35.4 Å². The van der Waals surface area contributed by atoms with Gasteiger partial charge >= 0.3 is 12.2 Å². The largest absolute Gasteiger partial charge is 0.417 e. The van der Waals surface area contributed by atoms with Crippen LogP contribution in [0.2, 0.25) is 0 Å². The molecule has 162 valence electrons. The maximum Gasteiger partial charge on any atom is 0.417 e. The molecule has 4 nitrogen and oxygen atoms in total. The second-order valence-corrected chi connectivity index (χ2v) is 9.28. The topological polar surface area (TPSA) is 41.6 Å². The lowest BCUT2D eigenvalue weighted by Gasteiger charge is -2.40. The monoisotopic (exact) mass is 484 g/mol. The maximum absolute atomic E-state index is 13.9. The van der Waals surface area contributed by atoms with Gasteiger partial charge in [0.15, 0.2) is 0 Å². The number of halogens is 4. The smallest absolute Gasteiger partial charge is 0.370 e. The van der Waals surface area contributed by atoms with E-state index in [2.05, 4.69) is 21.2 Å². The Hall–Kier alpha value is -2.06. The van der Waals surface area contributed by atoms with Gasteiger partial charge in [-0.3, -0.25) is 0 Å². The lowest BCUT2D eigenvalue weighted by molar-refractivity contribution is -0.139. The molecule has 1 saturated heterocycles. The number of urea groups is 1. The van der Waals surface area contributed by atoms with Crippen LogP contribution in [0, 0.1) is 0 Å². The average molecular weight is 485 g/mol. The number of ether oxygens (including phenoxy) is 1.